The Kier molecular flexibility index (Phi) is 5.04. The van der Waals surface area contributed by atoms with Gasteiger partial charge in [-0.3, -0.25) is 4.79 Å². The topological polar surface area (TPSA) is 77.2 Å². The molecular formula is C16H23NO3S. The third-order valence-electron chi connectivity index (χ3n) is 4.30. The third-order valence-corrected chi connectivity index (χ3v) is 5.94. The lowest BCUT2D eigenvalue weighted by Crippen LogP contribution is -2.31. The van der Waals surface area contributed by atoms with Crippen molar-refractivity contribution in [2.45, 2.75) is 43.8 Å². The number of hydrogen-bond donors (Lipinski definition) is 1. The Hall–Kier alpha value is -1.36. The molecule has 0 amide bonds. The van der Waals surface area contributed by atoms with Gasteiger partial charge in [-0.05, 0) is 43.4 Å². The van der Waals surface area contributed by atoms with Crippen molar-refractivity contribution >= 4 is 21.3 Å². The highest BCUT2D eigenvalue weighted by atomic mass is 32.2. The zero-order valence-electron chi connectivity index (χ0n) is 12.4. The van der Waals surface area contributed by atoms with Gasteiger partial charge in [0.15, 0.2) is 0 Å². The molecule has 0 radical (unpaired) electrons. The van der Waals surface area contributed by atoms with Crippen molar-refractivity contribution in [3.8, 4) is 0 Å². The summed E-state index contributed by atoms with van der Waals surface area (Å²) in [7, 11) is -3.03. The van der Waals surface area contributed by atoms with Gasteiger partial charge in [-0.25, -0.2) is 8.42 Å². The number of sulfone groups is 1. The van der Waals surface area contributed by atoms with E-state index in [-0.39, 0.29) is 17.0 Å². The highest BCUT2D eigenvalue weighted by Crippen LogP contribution is 2.30. The van der Waals surface area contributed by atoms with Gasteiger partial charge < -0.3 is 5.73 Å². The van der Waals surface area contributed by atoms with Crippen molar-refractivity contribution in [1.82, 2.24) is 0 Å². The Morgan fingerprint density at radius 3 is 2.76 bits per heavy atom. The Balaban J connectivity index is 1.91. The van der Waals surface area contributed by atoms with E-state index in [0.29, 0.717) is 31.4 Å². The van der Waals surface area contributed by atoms with E-state index >= 15 is 0 Å². The lowest BCUT2D eigenvalue weighted by atomic mass is 9.84. The summed E-state index contributed by atoms with van der Waals surface area (Å²) >= 11 is 0. The molecule has 1 saturated carbocycles. The minimum absolute atomic E-state index is 0.0977. The van der Waals surface area contributed by atoms with Crippen molar-refractivity contribution in [2.24, 2.45) is 5.92 Å². The molecule has 2 unspecified atom stereocenters. The van der Waals surface area contributed by atoms with Crippen LogP contribution in [0.1, 0.15) is 37.7 Å². The lowest BCUT2D eigenvalue weighted by Gasteiger charge is -2.27. The number of hydrogen-bond acceptors (Lipinski definition) is 4. The van der Waals surface area contributed by atoms with Gasteiger partial charge in [0.1, 0.15) is 15.6 Å². The number of Topliss-reactive ketones (excluding diaryl/α,β-unsaturated/α-hetero) is 1. The number of aryl methyl sites for hydroxylation is 1. The molecule has 2 rings (SSSR count). The van der Waals surface area contributed by atoms with Crippen molar-refractivity contribution in [3.05, 3.63) is 29.8 Å². The predicted octanol–water partition coefficient (Wildman–Crippen LogP) is 2.37. The summed E-state index contributed by atoms with van der Waals surface area (Å²) in [5.74, 6) is 0.0882. The molecule has 1 aromatic carbocycles. The Morgan fingerprint density at radius 1 is 1.33 bits per heavy atom. The molecule has 4 nitrogen and oxygen atoms in total. The number of benzene rings is 1. The number of nitrogen functional groups attached to an aromatic ring is 1. The number of rotatable bonds is 5. The SMILES string of the molecule is CS(=O)(=O)C1CCCC(C(=O)CCc2cccc(N)c2)C1. The summed E-state index contributed by atoms with van der Waals surface area (Å²) in [5.41, 5.74) is 7.48. The standard InChI is InChI=1S/C16H23NO3S/c1-21(19,20)15-7-3-5-13(11-15)16(18)9-8-12-4-2-6-14(17)10-12/h2,4,6,10,13,15H,3,5,7-9,11,17H2,1H3. The van der Waals surface area contributed by atoms with Gasteiger partial charge in [0, 0.05) is 24.3 Å². The van der Waals surface area contributed by atoms with Gasteiger partial charge in [-0.15, -0.1) is 0 Å². The minimum Gasteiger partial charge on any atom is -0.399 e. The molecule has 0 saturated heterocycles. The maximum Gasteiger partial charge on any atom is 0.150 e. The summed E-state index contributed by atoms with van der Waals surface area (Å²) in [5, 5.41) is -0.340. The molecule has 0 bridgehead atoms. The third kappa shape index (κ3) is 4.56. The highest BCUT2D eigenvalue weighted by Gasteiger charge is 2.31. The maximum absolute atomic E-state index is 12.3. The van der Waals surface area contributed by atoms with Crippen LogP contribution in [0.5, 0.6) is 0 Å². The van der Waals surface area contributed by atoms with E-state index in [4.69, 9.17) is 5.73 Å². The van der Waals surface area contributed by atoms with Gasteiger partial charge in [0.2, 0.25) is 0 Å². The second-order valence-corrected chi connectivity index (χ2v) is 8.35. The molecule has 2 N–H and O–H groups in total. The van der Waals surface area contributed by atoms with Crippen LogP contribution in [-0.4, -0.2) is 25.7 Å². The van der Waals surface area contributed by atoms with Crippen LogP contribution in [-0.2, 0) is 21.1 Å². The van der Waals surface area contributed by atoms with Crippen molar-refractivity contribution in [3.63, 3.8) is 0 Å². The second kappa shape index (κ2) is 6.60. The van der Waals surface area contributed by atoms with Crippen molar-refractivity contribution in [2.75, 3.05) is 12.0 Å². The van der Waals surface area contributed by atoms with Gasteiger partial charge in [-0.2, -0.15) is 0 Å². The molecular weight excluding hydrogens is 286 g/mol. The molecule has 1 fully saturated rings. The molecule has 5 heteroatoms. The molecule has 0 aromatic heterocycles. The van der Waals surface area contributed by atoms with E-state index in [0.717, 1.165) is 18.4 Å². The first kappa shape index (κ1) is 16.0. The molecule has 1 aliphatic carbocycles. The normalized spacial score (nSPS) is 22.9. The Labute approximate surface area is 126 Å². The summed E-state index contributed by atoms with van der Waals surface area (Å²) in [6.45, 7) is 0. The first-order valence-corrected chi connectivity index (χ1v) is 9.37. The number of anilines is 1. The zero-order valence-corrected chi connectivity index (χ0v) is 13.2. The molecule has 0 spiro atoms. The van der Waals surface area contributed by atoms with E-state index in [1.54, 1.807) is 0 Å². The fraction of sp³-hybridized carbons (Fsp3) is 0.562. The van der Waals surface area contributed by atoms with Crippen LogP contribution < -0.4 is 5.73 Å². The zero-order chi connectivity index (χ0) is 15.5. The fourth-order valence-electron chi connectivity index (χ4n) is 3.05. The Morgan fingerprint density at radius 2 is 2.10 bits per heavy atom. The maximum atomic E-state index is 12.3. The summed E-state index contributed by atoms with van der Waals surface area (Å²) in [6.07, 6.45) is 5.24. The number of carbonyl (C=O) groups excluding carboxylic acids is 1. The summed E-state index contributed by atoms with van der Waals surface area (Å²) < 4.78 is 23.3. The highest BCUT2D eigenvalue weighted by molar-refractivity contribution is 7.91. The average molecular weight is 309 g/mol. The number of ketones is 1. The van der Waals surface area contributed by atoms with Crippen molar-refractivity contribution in [1.29, 1.82) is 0 Å². The fourth-order valence-corrected chi connectivity index (χ4v) is 4.22. The van der Waals surface area contributed by atoms with E-state index in [2.05, 4.69) is 0 Å². The van der Waals surface area contributed by atoms with Crippen LogP contribution in [0.25, 0.3) is 0 Å². The van der Waals surface area contributed by atoms with Gasteiger partial charge in [-0.1, -0.05) is 18.6 Å². The summed E-state index contributed by atoms with van der Waals surface area (Å²) in [6, 6.07) is 7.55. The van der Waals surface area contributed by atoms with Gasteiger partial charge in [0.25, 0.3) is 0 Å². The van der Waals surface area contributed by atoms with Crippen molar-refractivity contribution < 1.29 is 13.2 Å². The summed E-state index contributed by atoms with van der Waals surface area (Å²) in [4.78, 5) is 12.3. The van der Waals surface area contributed by atoms with E-state index < -0.39 is 9.84 Å². The lowest BCUT2D eigenvalue weighted by molar-refractivity contribution is -0.123. The van der Waals surface area contributed by atoms with E-state index in [1.807, 2.05) is 24.3 Å². The van der Waals surface area contributed by atoms with Crippen LogP contribution in [0.4, 0.5) is 5.69 Å². The smallest absolute Gasteiger partial charge is 0.150 e. The first-order chi connectivity index (χ1) is 9.86. The molecule has 0 aliphatic heterocycles. The quantitative estimate of drug-likeness (QED) is 0.847. The number of nitrogens with two attached hydrogens (primary N) is 1. The van der Waals surface area contributed by atoms with Crippen LogP contribution in [0.2, 0.25) is 0 Å². The van der Waals surface area contributed by atoms with E-state index in [1.165, 1.54) is 6.26 Å². The molecule has 1 aromatic rings. The van der Waals surface area contributed by atoms with Crippen LogP contribution in [0.15, 0.2) is 24.3 Å². The van der Waals surface area contributed by atoms with Gasteiger partial charge in [0.05, 0.1) is 5.25 Å². The first-order valence-electron chi connectivity index (χ1n) is 7.42. The Bertz CT molecular complexity index is 610. The molecule has 0 heterocycles. The second-order valence-electron chi connectivity index (χ2n) is 6.03. The largest absolute Gasteiger partial charge is 0.399 e. The van der Waals surface area contributed by atoms with Gasteiger partial charge >= 0.3 is 0 Å². The van der Waals surface area contributed by atoms with Crippen LogP contribution >= 0.6 is 0 Å². The number of carbonyl (C=O) groups is 1. The molecule has 2 atom stereocenters. The molecule has 21 heavy (non-hydrogen) atoms. The molecule has 1 aliphatic rings. The van der Waals surface area contributed by atoms with Crippen LogP contribution in [0.3, 0.4) is 0 Å². The average Bonchev–Trinajstić information content (AvgIpc) is 2.44. The van der Waals surface area contributed by atoms with Crippen LogP contribution in [0, 0.1) is 5.92 Å². The molecule has 116 valence electrons. The minimum atomic E-state index is -3.03. The monoisotopic (exact) mass is 309 g/mol. The van der Waals surface area contributed by atoms with E-state index in [9.17, 15) is 13.2 Å². The predicted molar refractivity (Wildman–Crippen MR) is 84.8 cm³/mol.